The van der Waals surface area contributed by atoms with E-state index in [-0.39, 0.29) is 21.0 Å². The zero-order valence-electron chi connectivity index (χ0n) is 12.1. The number of hydrogen-bond donors (Lipinski definition) is 2. The minimum atomic E-state index is -3.87. The van der Waals surface area contributed by atoms with E-state index in [1.165, 1.54) is 48.5 Å². The first kappa shape index (κ1) is 17.0. The number of nitrogens with two attached hydrogens (primary N) is 1. The van der Waals surface area contributed by atoms with Gasteiger partial charge in [-0.15, -0.1) is 0 Å². The highest BCUT2D eigenvalue weighted by Gasteiger charge is 2.16. The molecule has 1 amide bonds. The Morgan fingerprint density at radius 3 is 1.78 bits per heavy atom. The SMILES string of the molecule is CS(=O)(=O)c1ccc(S(=O)(=O)Nc2ccc(C(N)=O)cc2)cc1. The second kappa shape index (κ2) is 6.01. The predicted molar refractivity (Wildman–Crippen MR) is 85.3 cm³/mol. The van der Waals surface area contributed by atoms with E-state index >= 15 is 0 Å². The van der Waals surface area contributed by atoms with E-state index in [1.54, 1.807) is 0 Å². The maximum atomic E-state index is 12.2. The van der Waals surface area contributed by atoms with E-state index in [4.69, 9.17) is 5.73 Å². The van der Waals surface area contributed by atoms with Gasteiger partial charge in [-0.3, -0.25) is 9.52 Å². The first-order chi connectivity index (χ1) is 10.6. The van der Waals surface area contributed by atoms with Gasteiger partial charge in [-0.1, -0.05) is 0 Å². The molecule has 0 saturated carbocycles. The minimum absolute atomic E-state index is 0.0299. The van der Waals surface area contributed by atoms with Crippen molar-refractivity contribution in [1.82, 2.24) is 0 Å². The van der Waals surface area contributed by atoms with Crippen LogP contribution in [0.2, 0.25) is 0 Å². The number of carbonyl (C=O) groups is 1. The quantitative estimate of drug-likeness (QED) is 0.829. The lowest BCUT2D eigenvalue weighted by Gasteiger charge is -2.09. The fourth-order valence-electron chi connectivity index (χ4n) is 1.78. The molecule has 2 aromatic rings. The monoisotopic (exact) mass is 354 g/mol. The molecule has 2 rings (SSSR count). The highest BCUT2D eigenvalue weighted by molar-refractivity contribution is 7.92. The van der Waals surface area contributed by atoms with Crippen molar-refractivity contribution in [2.45, 2.75) is 9.79 Å². The lowest BCUT2D eigenvalue weighted by molar-refractivity contribution is 0.100. The van der Waals surface area contributed by atoms with E-state index in [1.807, 2.05) is 0 Å². The van der Waals surface area contributed by atoms with Gasteiger partial charge in [0.25, 0.3) is 10.0 Å². The summed E-state index contributed by atoms with van der Waals surface area (Å²) in [7, 11) is -7.27. The van der Waals surface area contributed by atoms with Gasteiger partial charge in [0.2, 0.25) is 5.91 Å². The first-order valence-electron chi connectivity index (χ1n) is 6.32. The molecular weight excluding hydrogens is 340 g/mol. The largest absolute Gasteiger partial charge is 0.366 e. The van der Waals surface area contributed by atoms with Crippen LogP contribution in [0.1, 0.15) is 10.4 Å². The van der Waals surface area contributed by atoms with E-state index in [0.717, 1.165) is 6.26 Å². The van der Waals surface area contributed by atoms with Crippen molar-refractivity contribution in [1.29, 1.82) is 0 Å². The van der Waals surface area contributed by atoms with Gasteiger partial charge in [0.15, 0.2) is 9.84 Å². The Morgan fingerprint density at radius 1 is 0.870 bits per heavy atom. The van der Waals surface area contributed by atoms with Crippen LogP contribution >= 0.6 is 0 Å². The molecule has 0 bridgehead atoms. The summed E-state index contributed by atoms with van der Waals surface area (Å²) in [5.41, 5.74) is 5.61. The third-order valence-electron chi connectivity index (χ3n) is 2.98. The summed E-state index contributed by atoms with van der Waals surface area (Å²) in [4.78, 5) is 10.9. The van der Waals surface area contributed by atoms with Crippen molar-refractivity contribution in [3.8, 4) is 0 Å². The number of primary amides is 1. The highest BCUT2D eigenvalue weighted by Crippen LogP contribution is 2.18. The number of nitrogens with one attached hydrogen (secondary N) is 1. The van der Waals surface area contributed by atoms with E-state index in [2.05, 4.69) is 4.72 Å². The fourth-order valence-corrected chi connectivity index (χ4v) is 3.47. The minimum Gasteiger partial charge on any atom is -0.366 e. The van der Waals surface area contributed by atoms with Gasteiger partial charge in [0, 0.05) is 17.5 Å². The van der Waals surface area contributed by atoms with Crippen molar-refractivity contribution < 1.29 is 21.6 Å². The van der Waals surface area contributed by atoms with Crippen LogP contribution in [0.25, 0.3) is 0 Å². The molecule has 0 heterocycles. The van der Waals surface area contributed by atoms with Gasteiger partial charge in [-0.25, -0.2) is 16.8 Å². The molecular formula is C14H14N2O5S2. The van der Waals surface area contributed by atoms with Crippen LogP contribution in [-0.2, 0) is 19.9 Å². The number of rotatable bonds is 5. The molecule has 0 aliphatic rings. The van der Waals surface area contributed by atoms with Crippen molar-refractivity contribution in [2.75, 3.05) is 11.0 Å². The molecule has 0 fully saturated rings. The van der Waals surface area contributed by atoms with E-state index in [0.29, 0.717) is 0 Å². The normalized spacial score (nSPS) is 11.9. The van der Waals surface area contributed by atoms with Crippen LogP contribution < -0.4 is 10.5 Å². The third-order valence-corrected chi connectivity index (χ3v) is 5.51. The topological polar surface area (TPSA) is 123 Å². The van der Waals surface area contributed by atoms with Gasteiger partial charge < -0.3 is 5.73 Å². The maximum absolute atomic E-state index is 12.2. The molecule has 0 unspecified atom stereocenters. The molecule has 0 saturated heterocycles. The molecule has 0 aliphatic heterocycles. The number of sulfonamides is 1. The average Bonchev–Trinajstić information content (AvgIpc) is 2.46. The van der Waals surface area contributed by atoms with Crippen LogP contribution in [-0.4, -0.2) is 29.0 Å². The summed E-state index contributed by atoms with van der Waals surface area (Å²) in [5.74, 6) is -0.615. The van der Waals surface area contributed by atoms with Crippen molar-refractivity contribution >= 4 is 31.5 Å². The van der Waals surface area contributed by atoms with Crippen LogP contribution in [0.5, 0.6) is 0 Å². The molecule has 0 radical (unpaired) electrons. The molecule has 7 nitrogen and oxygen atoms in total. The summed E-state index contributed by atoms with van der Waals surface area (Å²) in [6.07, 6.45) is 1.04. The Bertz CT molecular complexity index is 932. The maximum Gasteiger partial charge on any atom is 0.261 e. The smallest absolute Gasteiger partial charge is 0.261 e. The van der Waals surface area contributed by atoms with Gasteiger partial charge in [-0.05, 0) is 48.5 Å². The van der Waals surface area contributed by atoms with Crippen LogP contribution in [0, 0.1) is 0 Å². The fraction of sp³-hybridized carbons (Fsp3) is 0.0714. The summed E-state index contributed by atoms with van der Waals surface area (Å²) >= 11 is 0. The van der Waals surface area contributed by atoms with E-state index in [9.17, 15) is 21.6 Å². The Hall–Kier alpha value is -2.39. The first-order valence-corrected chi connectivity index (χ1v) is 9.70. The number of benzene rings is 2. The Morgan fingerprint density at radius 2 is 1.35 bits per heavy atom. The summed E-state index contributed by atoms with van der Waals surface area (Å²) in [5, 5.41) is 0. The third kappa shape index (κ3) is 4.08. The Balaban J connectivity index is 2.26. The standard InChI is InChI=1S/C14H14N2O5S2/c1-22(18,19)12-6-8-13(9-7-12)23(20,21)16-11-4-2-10(3-5-11)14(15)17/h2-9,16H,1H3,(H2,15,17). The van der Waals surface area contributed by atoms with Crippen LogP contribution in [0.15, 0.2) is 58.3 Å². The number of anilines is 1. The molecule has 9 heteroatoms. The Labute approximate surface area is 134 Å². The zero-order valence-corrected chi connectivity index (χ0v) is 13.7. The molecule has 2 aromatic carbocycles. The second-order valence-electron chi connectivity index (χ2n) is 4.79. The number of hydrogen-bond acceptors (Lipinski definition) is 5. The zero-order chi connectivity index (χ0) is 17.3. The molecule has 0 atom stereocenters. The second-order valence-corrected chi connectivity index (χ2v) is 8.49. The van der Waals surface area contributed by atoms with Crippen molar-refractivity contribution in [2.24, 2.45) is 5.73 Å². The van der Waals surface area contributed by atoms with Gasteiger partial charge in [0.05, 0.1) is 9.79 Å². The van der Waals surface area contributed by atoms with Gasteiger partial charge in [0.1, 0.15) is 0 Å². The van der Waals surface area contributed by atoms with Gasteiger partial charge in [-0.2, -0.15) is 0 Å². The lowest BCUT2D eigenvalue weighted by Crippen LogP contribution is -2.14. The predicted octanol–water partition coefficient (Wildman–Crippen LogP) is 0.990. The summed E-state index contributed by atoms with van der Waals surface area (Å²) in [6.45, 7) is 0. The number of sulfone groups is 1. The molecule has 122 valence electrons. The summed E-state index contributed by atoms with van der Waals surface area (Å²) < 4.78 is 49.5. The average molecular weight is 354 g/mol. The molecule has 3 N–H and O–H groups in total. The number of carbonyl (C=O) groups excluding carboxylic acids is 1. The number of amides is 1. The van der Waals surface area contributed by atoms with Crippen LogP contribution in [0.4, 0.5) is 5.69 Å². The molecule has 0 spiro atoms. The summed E-state index contributed by atoms with van der Waals surface area (Å²) in [6, 6.07) is 10.5. The van der Waals surface area contributed by atoms with Crippen molar-refractivity contribution in [3.05, 3.63) is 54.1 Å². The van der Waals surface area contributed by atoms with Gasteiger partial charge >= 0.3 is 0 Å². The van der Waals surface area contributed by atoms with Crippen molar-refractivity contribution in [3.63, 3.8) is 0 Å². The van der Waals surface area contributed by atoms with E-state index < -0.39 is 25.8 Å². The molecule has 23 heavy (non-hydrogen) atoms. The molecule has 0 aromatic heterocycles. The molecule has 0 aliphatic carbocycles. The lowest BCUT2D eigenvalue weighted by atomic mass is 10.2. The Kier molecular flexibility index (Phi) is 4.44. The highest BCUT2D eigenvalue weighted by atomic mass is 32.2. The van der Waals surface area contributed by atoms with Crippen LogP contribution in [0.3, 0.4) is 0 Å².